The van der Waals surface area contributed by atoms with Crippen molar-refractivity contribution >= 4 is 35.6 Å². The minimum atomic E-state index is 0. The Bertz CT molecular complexity index is 461. The molecule has 1 heterocycles. The second-order valence-corrected chi connectivity index (χ2v) is 5.38. The number of hydrogen-bond donors (Lipinski definition) is 2. The first-order valence-corrected chi connectivity index (χ1v) is 7.71. The fraction of sp³-hybridized carbons (Fsp3) is 0.562. The Morgan fingerprint density at radius 3 is 2.82 bits per heavy atom. The molecule has 0 amide bonds. The molecule has 1 aromatic carbocycles. The van der Waals surface area contributed by atoms with E-state index in [1.165, 1.54) is 38.9 Å². The average molecular weight is 418 g/mol. The number of aliphatic imine (C=N–C) groups is 1. The van der Waals surface area contributed by atoms with Crippen molar-refractivity contribution < 1.29 is 4.74 Å². The summed E-state index contributed by atoms with van der Waals surface area (Å²) in [5.41, 5.74) is 6.79. The molecule has 0 aromatic heterocycles. The Kier molecular flexibility index (Phi) is 9.22. The summed E-state index contributed by atoms with van der Waals surface area (Å²) in [4.78, 5) is 6.89. The quantitative estimate of drug-likeness (QED) is 0.310. The van der Waals surface area contributed by atoms with Crippen LogP contribution in [0.5, 0.6) is 5.75 Å². The lowest BCUT2D eigenvalue weighted by Gasteiger charge is -2.13. The van der Waals surface area contributed by atoms with Crippen LogP contribution in [0, 0.1) is 0 Å². The molecule has 3 N–H and O–H groups in total. The van der Waals surface area contributed by atoms with Crippen LogP contribution in [0.1, 0.15) is 25.7 Å². The van der Waals surface area contributed by atoms with E-state index in [2.05, 4.69) is 15.2 Å². The maximum Gasteiger partial charge on any atom is 0.193 e. The van der Waals surface area contributed by atoms with Gasteiger partial charge in [0.25, 0.3) is 0 Å². The monoisotopic (exact) mass is 418 g/mol. The van der Waals surface area contributed by atoms with E-state index in [9.17, 15) is 0 Å². The summed E-state index contributed by atoms with van der Waals surface area (Å²) in [6, 6.07) is 7.66. The van der Waals surface area contributed by atoms with Gasteiger partial charge in [0.05, 0.1) is 7.11 Å². The smallest absolute Gasteiger partial charge is 0.193 e. The highest BCUT2D eigenvalue weighted by Gasteiger charge is 2.09. The van der Waals surface area contributed by atoms with Gasteiger partial charge >= 0.3 is 0 Å². The second-order valence-electron chi connectivity index (χ2n) is 5.38. The van der Waals surface area contributed by atoms with Gasteiger partial charge in [-0.2, -0.15) is 0 Å². The van der Waals surface area contributed by atoms with Gasteiger partial charge in [0.2, 0.25) is 0 Å². The number of halogens is 1. The number of nitrogens with one attached hydrogen (secondary N) is 1. The molecule has 0 spiro atoms. The van der Waals surface area contributed by atoms with Gasteiger partial charge in [-0.25, -0.2) is 0 Å². The molecule has 0 radical (unpaired) electrons. The van der Waals surface area contributed by atoms with Crippen LogP contribution in [0.15, 0.2) is 29.3 Å². The zero-order chi connectivity index (χ0) is 14.9. The SMILES string of the molecule is COc1cccc(NC(N)=NCCCCN2CCCC2)c1.I. The molecule has 0 saturated carbocycles. The van der Waals surface area contributed by atoms with Gasteiger partial charge in [0.1, 0.15) is 5.75 Å². The lowest BCUT2D eigenvalue weighted by Crippen LogP contribution is -2.23. The summed E-state index contributed by atoms with van der Waals surface area (Å²) in [6.45, 7) is 4.50. The van der Waals surface area contributed by atoms with E-state index in [-0.39, 0.29) is 24.0 Å². The molecule has 5 nitrogen and oxygen atoms in total. The highest BCUT2D eigenvalue weighted by atomic mass is 127. The zero-order valence-electron chi connectivity index (χ0n) is 13.3. The van der Waals surface area contributed by atoms with Crippen molar-refractivity contribution in [2.45, 2.75) is 25.7 Å². The summed E-state index contributed by atoms with van der Waals surface area (Å²) < 4.78 is 5.17. The molecule has 124 valence electrons. The average Bonchev–Trinajstić information content (AvgIpc) is 3.00. The molecule has 0 atom stereocenters. The van der Waals surface area contributed by atoms with Gasteiger partial charge in [0.15, 0.2) is 5.96 Å². The first kappa shape index (κ1) is 19.0. The third kappa shape index (κ3) is 6.83. The van der Waals surface area contributed by atoms with E-state index in [0.717, 1.165) is 24.4 Å². The number of unbranched alkanes of at least 4 members (excludes halogenated alkanes) is 1. The Labute approximate surface area is 150 Å². The standard InChI is InChI=1S/C16H26N4O.HI/c1-21-15-8-6-7-14(13-15)19-16(17)18-9-2-3-10-20-11-4-5-12-20;/h6-8,13H,2-5,9-12H2,1H3,(H3,17,18,19);1H. The Morgan fingerprint density at radius 2 is 2.09 bits per heavy atom. The third-order valence-corrected chi connectivity index (χ3v) is 3.71. The van der Waals surface area contributed by atoms with Crippen LogP contribution < -0.4 is 15.8 Å². The maximum absolute atomic E-state index is 5.89. The lowest BCUT2D eigenvalue weighted by atomic mass is 10.3. The first-order chi connectivity index (χ1) is 10.3. The van der Waals surface area contributed by atoms with Gasteiger partial charge in [-0.15, -0.1) is 24.0 Å². The van der Waals surface area contributed by atoms with Crippen LogP contribution in [0.4, 0.5) is 5.69 Å². The van der Waals surface area contributed by atoms with Crippen molar-refractivity contribution in [2.75, 3.05) is 38.6 Å². The van der Waals surface area contributed by atoms with Crippen molar-refractivity contribution in [3.05, 3.63) is 24.3 Å². The fourth-order valence-corrected chi connectivity index (χ4v) is 2.54. The van der Waals surface area contributed by atoms with Gasteiger partial charge in [-0.1, -0.05) is 6.07 Å². The molecule has 0 bridgehead atoms. The second kappa shape index (κ2) is 10.7. The number of rotatable bonds is 7. The highest BCUT2D eigenvalue weighted by molar-refractivity contribution is 14.0. The summed E-state index contributed by atoms with van der Waals surface area (Å²) in [5, 5.41) is 3.09. The van der Waals surface area contributed by atoms with Gasteiger partial charge in [0, 0.05) is 18.3 Å². The third-order valence-electron chi connectivity index (χ3n) is 3.71. The minimum absolute atomic E-state index is 0. The van der Waals surface area contributed by atoms with Gasteiger partial charge in [-0.05, 0) is 57.5 Å². The van der Waals surface area contributed by atoms with E-state index in [4.69, 9.17) is 10.5 Å². The maximum atomic E-state index is 5.89. The predicted octanol–water partition coefficient (Wildman–Crippen LogP) is 2.92. The summed E-state index contributed by atoms with van der Waals surface area (Å²) in [6.07, 6.45) is 4.98. The Morgan fingerprint density at radius 1 is 1.32 bits per heavy atom. The van der Waals surface area contributed by atoms with Crippen molar-refractivity contribution in [3.63, 3.8) is 0 Å². The van der Waals surface area contributed by atoms with E-state index in [1.807, 2.05) is 24.3 Å². The molecule has 1 fully saturated rings. The number of likely N-dealkylation sites (tertiary alicyclic amines) is 1. The molecule has 22 heavy (non-hydrogen) atoms. The molecular formula is C16H27IN4O. The van der Waals surface area contributed by atoms with E-state index in [1.54, 1.807) is 7.11 Å². The van der Waals surface area contributed by atoms with E-state index < -0.39 is 0 Å². The minimum Gasteiger partial charge on any atom is -0.497 e. The highest BCUT2D eigenvalue weighted by Crippen LogP contribution is 2.16. The van der Waals surface area contributed by atoms with Crippen LogP contribution in [-0.2, 0) is 0 Å². The molecule has 1 aliphatic heterocycles. The van der Waals surface area contributed by atoms with Crippen LogP contribution >= 0.6 is 24.0 Å². The summed E-state index contributed by atoms with van der Waals surface area (Å²) >= 11 is 0. The molecule has 6 heteroatoms. The molecule has 1 aromatic rings. The predicted molar refractivity (Wildman–Crippen MR) is 103 cm³/mol. The molecule has 1 saturated heterocycles. The van der Waals surface area contributed by atoms with E-state index in [0.29, 0.717) is 5.96 Å². The number of guanidine groups is 1. The van der Waals surface area contributed by atoms with Crippen LogP contribution in [-0.4, -0.2) is 44.1 Å². The number of ether oxygens (including phenoxy) is 1. The largest absolute Gasteiger partial charge is 0.497 e. The van der Waals surface area contributed by atoms with E-state index >= 15 is 0 Å². The van der Waals surface area contributed by atoms with Crippen molar-refractivity contribution in [2.24, 2.45) is 10.7 Å². The number of anilines is 1. The zero-order valence-corrected chi connectivity index (χ0v) is 15.6. The van der Waals surface area contributed by atoms with Crippen molar-refractivity contribution in [3.8, 4) is 5.75 Å². The first-order valence-electron chi connectivity index (χ1n) is 7.71. The molecule has 1 aliphatic rings. The number of benzene rings is 1. The topological polar surface area (TPSA) is 62.9 Å². The lowest BCUT2D eigenvalue weighted by molar-refractivity contribution is 0.331. The molecule has 0 unspecified atom stereocenters. The van der Waals surface area contributed by atoms with Crippen molar-refractivity contribution in [1.29, 1.82) is 0 Å². The van der Waals surface area contributed by atoms with Crippen LogP contribution in [0.3, 0.4) is 0 Å². The Balaban J connectivity index is 0.00000242. The Hall–Kier alpha value is -1.02. The summed E-state index contributed by atoms with van der Waals surface area (Å²) in [5.74, 6) is 1.27. The number of methoxy groups -OCH3 is 1. The van der Waals surface area contributed by atoms with Gasteiger partial charge < -0.3 is 20.7 Å². The van der Waals surface area contributed by atoms with Crippen molar-refractivity contribution in [1.82, 2.24) is 4.90 Å². The van der Waals surface area contributed by atoms with Crippen LogP contribution in [0.2, 0.25) is 0 Å². The molecule has 0 aliphatic carbocycles. The molecule has 2 rings (SSSR count). The normalized spacial score (nSPS) is 15.4. The van der Waals surface area contributed by atoms with Crippen LogP contribution in [0.25, 0.3) is 0 Å². The number of hydrogen-bond acceptors (Lipinski definition) is 3. The van der Waals surface area contributed by atoms with Gasteiger partial charge in [-0.3, -0.25) is 4.99 Å². The molecular weight excluding hydrogens is 391 g/mol. The fourth-order valence-electron chi connectivity index (χ4n) is 2.54. The number of nitrogens with two attached hydrogens (primary N) is 1. The number of nitrogens with zero attached hydrogens (tertiary/aromatic N) is 2. The summed E-state index contributed by atoms with van der Waals surface area (Å²) in [7, 11) is 1.65.